The quantitative estimate of drug-likeness (QED) is 0.725. The molecule has 0 saturated carbocycles. The van der Waals surface area contributed by atoms with E-state index in [2.05, 4.69) is 10.3 Å². The minimum Gasteiger partial charge on any atom is -0.496 e. The highest BCUT2D eigenvalue weighted by Crippen LogP contribution is 2.28. The third-order valence-corrected chi connectivity index (χ3v) is 3.37. The van der Waals surface area contributed by atoms with Crippen molar-refractivity contribution in [3.63, 3.8) is 0 Å². The number of halogens is 2. The van der Waals surface area contributed by atoms with Crippen molar-refractivity contribution in [2.24, 2.45) is 0 Å². The van der Waals surface area contributed by atoms with Gasteiger partial charge in [0.25, 0.3) is 0 Å². The number of fused-ring (bicyclic) bond motifs is 1. The summed E-state index contributed by atoms with van der Waals surface area (Å²) in [6.45, 7) is 0. The molecule has 6 nitrogen and oxygen atoms in total. The maximum absolute atomic E-state index is 12.3. The lowest BCUT2D eigenvalue weighted by Crippen LogP contribution is -2.42. The summed E-state index contributed by atoms with van der Waals surface area (Å²) in [6.07, 6.45) is -2.29. The Balaban J connectivity index is 2.15. The number of alkyl halides is 2. The van der Waals surface area contributed by atoms with Crippen molar-refractivity contribution in [2.75, 3.05) is 7.11 Å². The van der Waals surface area contributed by atoms with Gasteiger partial charge >= 0.3 is 5.97 Å². The fourth-order valence-electron chi connectivity index (χ4n) is 2.35. The van der Waals surface area contributed by atoms with E-state index in [4.69, 9.17) is 9.84 Å². The van der Waals surface area contributed by atoms with Gasteiger partial charge in [-0.25, -0.2) is 13.6 Å². The van der Waals surface area contributed by atoms with Gasteiger partial charge in [-0.1, -0.05) is 6.07 Å². The highest BCUT2D eigenvalue weighted by atomic mass is 19.3. The van der Waals surface area contributed by atoms with Gasteiger partial charge in [0.2, 0.25) is 12.3 Å². The number of aromatic amines is 1. The van der Waals surface area contributed by atoms with E-state index in [1.54, 1.807) is 24.4 Å². The summed E-state index contributed by atoms with van der Waals surface area (Å²) in [4.78, 5) is 25.9. The number of amides is 1. The number of H-pyrrole nitrogens is 1. The van der Waals surface area contributed by atoms with Crippen LogP contribution in [0.15, 0.2) is 24.4 Å². The van der Waals surface area contributed by atoms with E-state index in [0.717, 1.165) is 5.52 Å². The smallest absolute Gasteiger partial charge is 0.326 e. The maximum Gasteiger partial charge on any atom is 0.326 e. The van der Waals surface area contributed by atoms with Crippen LogP contribution in [0.3, 0.4) is 0 Å². The molecule has 0 spiro atoms. The van der Waals surface area contributed by atoms with Gasteiger partial charge in [-0.3, -0.25) is 4.79 Å². The minimum atomic E-state index is -2.82. The standard InChI is InChI=1S/C15H16F2N2O4/c1-23-11-4-2-3-9-14(11)8(7-18-9)5-13(20)19-10(15(21)22)6-12(16)17/h2-4,7,10,12,18H,5-6H2,1H3,(H,19,20)(H,21,22). The summed E-state index contributed by atoms with van der Waals surface area (Å²) in [6, 6.07) is 3.70. The number of nitrogens with one attached hydrogen (secondary N) is 2. The largest absolute Gasteiger partial charge is 0.496 e. The predicted octanol–water partition coefficient (Wildman–Crippen LogP) is 1.94. The Morgan fingerprint density at radius 3 is 2.74 bits per heavy atom. The van der Waals surface area contributed by atoms with Crippen molar-refractivity contribution in [3.8, 4) is 5.75 Å². The number of carboxylic acid groups (broad SMARTS) is 1. The Labute approximate surface area is 130 Å². The Hall–Kier alpha value is -2.64. The van der Waals surface area contributed by atoms with Crippen molar-refractivity contribution < 1.29 is 28.2 Å². The molecule has 0 aliphatic rings. The van der Waals surface area contributed by atoms with Gasteiger partial charge in [0.15, 0.2) is 0 Å². The SMILES string of the molecule is COc1cccc2[nH]cc(CC(=O)NC(CC(F)F)C(=O)O)c12. The van der Waals surface area contributed by atoms with Gasteiger partial charge in [-0.15, -0.1) is 0 Å². The van der Waals surface area contributed by atoms with Gasteiger partial charge in [0.1, 0.15) is 11.8 Å². The van der Waals surface area contributed by atoms with E-state index in [1.165, 1.54) is 7.11 Å². The first-order valence-corrected chi connectivity index (χ1v) is 6.85. The Bertz CT molecular complexity index is 715. The Morgan fingerprint density at radius 2 is 2.13 bits per heavy atom. The van der Waals surface area contributed by atoms with Gasteiger partial charge in [-0.2, -0.15) is 0 Å². The third kappa shape index (κ3) is 3.97. The average molecular weight is 326 g/mol. The second-order valence-corrected chi connectivity index (χ2v) is 4.96. The van der Waals surface area contributed by atoms with E-state index < -0.39 is 30.8 Å². The number of benzene rings is 1. The van der Waals surface area contributed by atoms with Crippen LogP contribution in [0.1, 0.15) is 12.0 Å². The van der Waals surface area contributed by atoms with Gasteiger partial charge in [0.05, 0.1) is 13.5 Å². The van der Waals surface area contributed by atoms with Crippen molar-refractivity contribution in [1.82, 2.24) is 10.3 Å². The number of carbonyl (C=O) groups excluding carboxylic acids is 1. The van der Waals surface area contributed by atoms with Gasteiger partial charge in [-0.05, 0) is 17.7 Å². The molecule has 1 atom stereocenters. The maximum atomic E-state index is 12.3. The summed E-state index contributed by atoms with van der Waals surface area (Å²) in [5.74, 6) is -1.58. The van der Waals surface area contributed by atoms with Crippen LogP contribution in [-0.2, 0) is 16.0 Å². The summed E-state index contributed by atoms with van der Waals surface area (Å²) < 4.78 is 29.9. The second kappa shape index (κ2) is 7.08. The molecule has 0 saturated heterocycles. The first-order valence-electron chi connectivity index (χ1n) is 6.85. The molecule has 23 heavy (non-hydrogen) atoms. The number of ether oxygens (including phenoxy) is 1. The van der Waals surface area contributed by atoms with Crippen molar-refractivity contribution >= 4 is 22.8 Å². The molecule has 0 fully saturated rings. The molecule has 1 amide bonds. The number of hydrogen-bond donors (Lipinski definition) is 3. The van der Waals surface area contributed by atoms with E-state index in [-0.39, 0.29) is 6.42 Å². The highest BCUT2D eigenvalue weighted by molar-refractivity contribution is 5.93. The zero-order chi connectivity index (χ0) is 17.0. The molecule has 0 aliphatic heterocycles. The molecule has 8 heteroatoms. The van der Waals surface area contributed by atoms with E-state index in [0.29, 0.717) is 16.7 Å². The van der Waals surface area contributed by atoms with Crippen molar-refractivity contribution in [1.29, 1.82) is 0 Å². The van der Waals surface area contributed by atoms with Crippen molar-refractivity contribution in [3.05, 3.63) is 30.0 Å². The topological polar surface area (TPSA) is 91.4 Å². The molecule has 1 heterocycles. The van der Waals surface area contributed by atoms with Crippen molar-refractivity contribution in [2.45, 2.75) is 25.3 Å². The molecule has 1 unspecified atom stereocenters. The fourth-order valence-corrected chi connectivity index (χ4v) is 2.35. The van der Waals surface area contributed by atoms with Gasteiger partial charge in [0, 0.05) is 23.5 Å². The Kier molecular flexibility index (Phi) is 5.15. The predicted molar refractivity (Wildman–Crippen MR) is 78.7 cm³/mol. The van der Waals surface area contributed by atoms with Crippen LogP contribution in [-0.4, -0.2) is 41.5 Å². The number of aromatic nitrogens is 1. The van der Waals surface area contributed by atoms with Crippen LogP contribution in [0.25, 0.3) is 10.9 Å². The molecule has 0 bridgehead atoms. The molecule has 0 aliphatic carbocycles. The lowest BCUT2D eigenvalue weighted by Gasteiger charge is -2.14. The lowest BCUT2D eigenvalue weighted by molar-refractivity contribution is -0.142. The molecule has 1 aromatic carbocycles. The summed E-state index contributed by atoms with van der Waals surface area (Å²) >= 11 is 0. The molecule has 2 aromatic rings. The number of rotatable bonds is 7. The molecule has 2 rings (SSSR count). The number of methoxy groups -OCH3 is 1. The number of aliphatic carboxylic acids is 1. The summed E-state index contributed by atoms with van der Waals surface area (Å²) in [7, 11) is 1.49. The van der Waals surface area contributed by atoms with Crippen LogP contribution in [0.5, 0.6) is 5.75 Å². The molecular formula is C15H16F2N2O4. The van der Waals surface area contributed by atoms with Crippen LogP contribution in [0.2, 0.25) is 0 Å². The molecule has 1 aromatic heterocycles. The normalized spacial score (nSPS) is 12.3. The zero-order valence-corrected chi connectivity index (χ0v) is 12.3. The Morgan fingerprint density at radius 1 is 1.39 bits per heavy atom. The van der Waals surface area contributed by atoms with Gasteiger partial charge < -0.3 is 20.1 Å². The molecule has 0 radical (unpaired) electrons. The zero-order valence-electron chi connectivity index (χ0n) is 12.3. The summed E-state index contributed by atoms with van der Waals surface area (Å²) in [5.41, 5.74) is 1.35. The highest BCUT2D eigenvalue weighted by Gasteiger charge is 2.24. The number of hydrogen-bond acceptors (Lipinski definition) is 3. The number of carboxylic acids is 1. The van der Waals surface area contributed by atoms with Crippen LogP contribution >= 0.6 is 0 Å². The second-order valence-electron chi connectivity index (χ2n) is 4.96. The van der Waals surface area contributed by atoms with Crippen LogP contribution in [0.4, 0.5) is 8.78 Å². The molecular weight excluding hydrogens is 310 g/mol. The van der Waals surface area contributed by atoms with Crippen LogP contribution < -0.4 is 10.1 Å². The fraction of sp³-hybridized carbons (Fsp3) is 0.333. The van der Waals surface area contributed by atoms with E-state index >= 15 is 0 Å². The molecule has 3 N–H and O–H groups in total. The average Bonchev–Trinajstić information content (AvgIpc) is 2.89. The van der Waals surface area contributed by atoms with E-state index in [9.17, 15) is 18.4 Å². The summed E-state index contributed by atoms with van der Waals surface area (Å²) in [5, 5.41) is 11.7. The number of carbonyl (C=O) groups is 2. The monoisotopic (exact) mass is 326 g/mol. The van der Waals surface area contributed by atoms with E-state index in [1.807, 2.05) is 0 Å². The minimum absolute atomic E-state index is 0.145. The van der Waals surface area contributed by atoms with Crippen LogP contribution in [0, 0.1) is 0 Å². The first kappa shape index (κ1) is 16.7. The lowest BCUT2D eigenvalue weighted by atomic mass is 10.1. The first-order chi connectivity index (χ1) is 10.9. The third-order valence-electron chi connectivity index (χ3n) is 3.37. The molecule has 124 valence electrons.